The van der Waals surface area contributed by atoms with Crippen LogP contribution < -0.4 is 10.5 Å². The molecule has 0 saturated heterocycles. The lowest BCUT2D eigenvalue weighted by Gasteiger charge is -2.30. The van der Waals surface area contributed by atoms with Gasteiger partial charge in [-0.15, -0.1) is 0 Å². The fourth-order valence-electron chi connectivity index (χ4n) is 2.98. The normalized spacial score (nSPS) is 22.9. The van der Waals surface area contributed by atoms with Gasteiger partial charge in [0.05, 0.1) is 0 Å². The molecule has 2 unspecified atom stereocenters. The number of nitrogens with two attached hydrogens (primary N) is 1. The SMILES string of the molecule is NCC1CCCCC1Oc1nccc2c(Br)cccc12. The zero-order chi connectivity index (χ0) is 13.9. The molecule has 106 valence electrons. The maximum absolute atomic E-state index is 6.22. The van der Waals surface area contributed by atoms with Gasteiger partial charge >= 0.3 is 0 Å². The zero-order valence-corrected chi connectivity index (χ0v) is 13.0. The van der Waals surface area contributed by atoms with Crippen molar-refractivity contribution in [3.05, 3.63) is 34.9 Å². The van der Waals surface area contributed by atoms with Crippen LogP contribution in [0.15, 0.2) is 34.9 Å². The first-order valence-electron chi connectivity index (χ1n) is 7.19. The predicted octanol–water partition coefficient (Wildman–Crippen LogP) is 3.89. The minimum Gasteiger partial charge on any atom is -0.474 e. The number of aromatic nitrogens is 1. The van der Waals surface area contributed by atoms with Crippen LogP contribution in [-0.4, -0.2) is 17.6 Å². The van der Waals surface area contributed by atoms with Crippen molar-refractivity contribution in [3.63, 3.8) is 0 Å². The van der Waals surface area contributed by atoms with Gasteiger partial charge in [0.15, 0.2) is 0 Å². The van der Waals surface area contributed by atoms with E-state index < -0.39 is 0 Å². The number of hydrogen-bond acceptors (Lipinski definition) is 3. The average Bonchev–Trinajstić information content (AvgIpc) is 2.49. The van der Waals surface area contributed by atoms with Crippen molar-refractivity contribution >= 4 is 26.7 Å². The number of halogens is 1. The van der Waals surface area contributed by atoms with Crippen molar-refractivity contribution < 1.29 is 4.74 Å². The van der Waals surface area contributed by atoms with E-state index in [0.29, 0.717) is 12.5 Å². The fourth-order valence-corrected chi connectivity index (χ4v) is 3.48. The lowest BCUT2D eigenvalue weighted by atomic mass is 9.86. The van der Waals surface area contributed by atoms with Gasteiger partial charge in [-0.3, -0.25) is 0 Å². The summed E-state index contributed by atoms with van der Waals surface area (Å²) in [5, 5.41) is 2.20. The summed E-state index contributed by atoms with van der Waals surface area (Å²) < 4.78 is 7.29. The van der Waals surface area contributed by atoms with Crippen molar-refractivity contribution in [1.29, 1.82) is 0 Å². The summed E-state index contributed by atoms with van der Waals surface area (Å²) in [7, 11) is 0. The molecule has 1 aliphatic rings. The van der Waals surface area contributed by atoms with Crippen molar-refractivity contribution in [3.8, 4) is 5.88 Å². The number of rotatable bonds is 3. The minimum atomic E-state index is 0.200. The van der Waals surface area contributed by atoms with Gasteiger partial charge in [0, 0.05) is 27.4 Å². The Morgan fingerprint density at radius 3 is 2.90 bits per heavy atom. The molecule has 20 heavy (non-hydrogen) atoms. The molecule has 0 aliphatic heterocycles. The van der Waals surface area contributed by atoms with E-state index in [1.165, 1.54) is 12.8 Å². The van der Waals surface area contributed by atoms with Crippen LogP contribution >= 0.6 is 15.9 Å². The summed E-state index contributed by atoms with van der Waals surface area (Å²) in [5.74, 6) is 1.18. The molecule has 1 saturated carbocycles. The second kappa shape index (κ2) is 6.10. The summed E-state index contributed by atoms with van der Waals surface area (Å²) in [6, 6.07) is 8.12. The van der Waals surface area contributed by atoms with Gasteiger partial charge in [-0.1, -0.05) is 28.4 Å². The summed E-state index contributed by atoms with van der Waals surface area (Å²) in [6.07, 6.45) is 6.73. The van der Waals surface area contributed by atoms with Crippen molar-refractivity contribution in [2.75, 3.05) is 6.54 Å². The van der Waals surface area contributed by atoms with Crippen molar-refractivity contribution in [2.45, 2.75) is 31.8 Å². The molecule has 2 N–H and O–H groups in total. The van der Waals surface area contributed by atoms with E-state index in [-0.39, 0.29) is 6.10 Å². The van der Waals surface area contributed by atoms with E-state index >= 15 is 0 Å². The van der Waals surface area contributed by atoms with Crippen LogP contribution in [-0.2, 0) is 0 Å². The number of pyridine rings is 1. The second-order valence-corrected chi connectivity index (χ2v) is 6.24. The first-order chi connectivity index (χ1) is 9.79. The Morgan fingerprint density at radius 2 is 2.05 bits per heavy atom. The van der Waals surface area contributed by atoms with Gasteiger partial charge in [-0.25, -0.2) is 4.98 Å². The van der Waals surface area contributed by atoms with Crippen LogP contribution in [0.25, 0.3) is 10.8 Å². The lowest BCUT2D eigenvalue weighted by molar-refractivity contribution is 0.0940. The van der Waals surface area contributed by atoms with E-state index in [1.54, 1.807) is 0 Å². The second-order valence-electron chi connectivity index (χ2n) is 5.39. The molecule has 1 fully saturated rings. The summed E-state index contributed by atoms with van der Waals surface area (Å²) in [6.45, 7) is 0.694. The molecule has 3 rings (SSSR count). The molecular formula is C16H19BrN2O. The molecule has 2 aromatic rings. The number of hydrogen-bond donors (Lipinski definition) is 1. The molecule has 0 radical (unpaired) electrons. The van der Waals surface area contributed by atoms with Crippen LogP contribution in [0.4, 0.5) is 0 Å². The van der Waals surface area contributed by atoms with Crippen LogP contribution in [0.3, 0.4) is 0 Å². The molecule has 0 spiro atoms. The molecule has 2 atom stereocenters. The first-order valence-corrected chi connectivity index (χ1v) is 7.99. The van der Waals surface area contributed by atoms with Crippen LogP contribution in [0.5, 0.6) is 5.88 Å². The van der Waals surface area contributed by atoms with Gasteiger partial charge in [-0.05, 0) is 44.0 Å². The van der Waals surface area contributed by atoms with Gasteiger partial charge in [0.2, 0.25) is 5.88 Å². The van der Waals surface area contributed by atoms with Crippen LogP contribution in [0.2, 0.25) is 0 Å². The van der Waals surface area contributed by atoms with E-state index in [9.17, 15) is 0 Å². The Kier molecular flexibility index (Phi) is 4.22. The highest BCUT2D eigenvalue weighted by Gasteiger charge is 2.26. The topological polar surface area (TPSA) is 48.1 Å². The number of benzene rings is 1. The lowest BCUT2D eigenvalue weighted by Crippen LogP contribution is -2.35. The highest BCUT2D eigenvalue weighted by molar-refractivity contribution is 9.10. The van der Waals surface area contributed by atoms with Gasteiger partial charge < -0.3 is 10.5 Å². The van der Waals surface area contributed by atoms with E-state index in [1.807, 2.05) is 24.4 Å². The largest absolute Gasteiger partial charge is 0.474 e. The highest BCUT2D eigenvalue weighted by Crippen LogP contribution is 2.32. The maximum atomic E-state index is 6.22. The monoisotopic (exact) mass is 334 g/mol. The summed E-state index contributed by atoms with van der Waals surface area (Å²) in [4.78, 5) is 4.43. The Hall–Kier alpha value is -1.13. The standard InChI is InChI=1S/C16H19BrN2O/c17-14-6-3-5-13-12(14)8-9-19-16(13)20-15-7-2-1-4-11(15)10-18/h3,5-6,8-9,11,15H,1-2,4,7,10,18H2. The third kappa shape index (κ3) is 2.67. The Bertz CT molecular complexity index is 602. The Morgan fingerprint density at radius 1 is 1.20 bits per heavy atom. The maximum Gasteiger partial charge on any atom is 0.221 e. The van der Waals surface area contributed by atoms with E-state index in [4.69, 9.17) is 10.5 Å². The molecule has 1 aliphatic carbocycles. The van der Waals surface area contributed by atoms with Gasteiger partial charge in [0.25, 0.3) is 0 Å². The van der Waals surface area contributed by atoms with Crippen molar-refractivity contribution in [2.24, 2.45) is 11.7 Å². The summed E-state index contributed by atoms with van der Waals surface area (Å²) >= 11 is 3.58. The molecule has 1 aromatic heterocycles. The molecule has 3 nitrogen and oxygen atoms in total. The zero-order valence-electron chi connectivity index (χ0n) is 11.4. The third-order valence-corrected chi connectivity index (χ3v) is 4.81. The van der Waals surface area contributed by atoms with E-state index in [0.717, 1.165) is 34.0 Å². The molecule has 0 amide bonds. The number of nitrogens with zero attached hydrogens (tertiary/aromatic N) is 1. The predicted molar refractivity (Wildman–Crippen MR) is 84.9 cm³/mol. The Labute approximate surface area is 127 Å². The number of fused-ring (bicyclic) bond motifs is 1. The average molecular weight is 335 g/mol. The van der Waals surface area contributed by atoms with Gasteiger partial charge in [-0.2, -0.15) is 0 Å². The van der Waals surface area contributed by atoms with Crippen LogP contribution in [0.1, 0.15) is 25.7 Å². The molecule has 1 aromatic carbocycles. The van der Waals surface area contributed by atoms with Crippen molar-refractivity contribution in [1.82, 2.24) is 4.98 Å². The first kappa shape index (κ1) is 13.8. The third-order valence-electron chi connectivity index (χ3n) is 4.12. The molecule has 4 heteroatoms. The van der Waals surface area contributed by atoms with Crippen LogP contribution in [0, 0.1) is 5.92 Å². The molecular weight excluding hydrogens is 316 g/mol. The highest BCUT2D eigenvalue weighted by atomic mass is 79.9. The summed E-state index contributed by atoms with van der Waals surface area (Å²) in [5.41, 5.74) is 5.88. The van der Waals surface area contributed by atoms with E-state index in [2.05, 4.69) is 27.0 Å². The Balaban J connectivity index is 1.92. The number of ether oxygens (including phenoxy) is 1. The molecule has 0 bridgehead atoms. The minimum absolute atomic E-state index is 0.200. The quantitative estimate of drug-likeness (QED) is 0.926. The smallest absolute Gasteiger partial charge is 0.221 e. The fraction of sp³-hybridized carbons (Fsp3) is 0.438. The molecule has 1 heterocycles. The van der Waals surface area contributed by atoms with Gasteiger partial charge in [0.1, 0.15) is 6.10 Å².